The maximum atomic E-state index is 14.4. The van der Waals surface area contributed by atoms with Crippen LogP contribution in [0.1, 0.15) is 16.1 Å². The van der Waals surface area contributed by atoms with Gasteiger partial charge in [-0.1, -0.05) is 24.3 Å². The van der Waals surface area contributed by atoms with Crippen LogP contribution >= 0.6 is 11.6 Å². The molecule has 1 heterocycles. The summed E-state index contributed by atoms with van der Waals surface area (Å²) in [6.45, 7) is 3.58. The lowest BCUT2D eigenvalue weighted by Crippen LogP contribution is -2.04. The highest BCUT2D eigenvalue weighted by Gasteiger charge is 2.19. The molecule has 1 aromatic carbocycles. The fraction of sp³-hybridized carbons (Fsp3) is 0.133. The highest BCUT2D eigenvalue weighted by atomic mass is 35.5. The van der Waals surface area contributed by atoms with Crippen LogP contribution < -0.4 is 9.47 Å². The van der Waals surface area contributed by atoms with E-state index in [1.54, 1.807) is 0 Å². The molecule has 1 aromatic heterocycles. The fourth-order valence-electron chi connectivity index (χ4n) is 1.92. The molecule has 2 aromatic rings. The van der Waals surface area contributed by atoms with Gasteiger partial charge in [-0.05, 0) is 12.1 Å². The molecule has 0 radical (unpaired) electrons. The number of hydrogen-bond donors (Lipinski definition) is 0. The molecule has 5 nitrogen and oxygen atoms in total. The molecule has 7 heteroatoms. The second-order valence-electron chi connectivity index (χ2n) is 4.12. The molecule has 0 fully saturated rings. The first-order chi connectivity index (χ1) is 10.6. The van der Waals surface area contributed by atoms with Crippen LogP contribution in [0.15, 0.2) is 18.7 Å². The molecule has 2 rings (SSSR count). The van der Waals surface area contributed by atoms with Gasteiger partial charge in [0.1, 0.15) is 5.69 Å². The van der Waals surface area contributed by atoms with E-state index in [2.05, 4.69) is 16.5 Å². The lowest BCUT2D eigenvalue weighted by molar-refractivity contribution is 0.111. The van der Waals surface area contributed by atoms with Crippen LogP contribution in [0.5, 0.6) is 11.6 Å². The van der Waals surface area contributed by atoms with Crippen LogP contribution in [-0.4, -0.2) is 30.5 Å². The smallest absolute Gasteiger partial charge is 0.224 e. The number of ether oxygens (including phenoxy) is 2. The Kier molecular flexibility index (Phi) is 4.72. The van der Waals surface area contributed by atoms with Crippen LogP contribution in [0.25, 0.3) is 17.5 Å². The number of rotatable bonds is 5. The van der Waals surface area contributed by atoms with Crippen molar-refractivity contribution in [3.8, 4) is 23.0 Å². The molecule has 114 valence electrons. The monoisotopic (exact) mass is 322 g/mol. The molecule has 0 aliphatic carbocycles. The van der Waals surface area contributed by atoms with Gasteiger partial charge in [0.25, 0.3) is 0 Å². The Morgan fingerprint density at radius 1 is 1.27 bits per heavy atom. The van der Waals surface area contributed by atoms with Crippen molar-refractivity contribution in [1.82, 2.24) is 9.97 Å². The molecule has 0 N–H and O–H groups in total. The van der Waals surface area contributed by atoms with E-state index in [-0.39, 0.29) is 33.7 Å². The molecule has 0 unspecified atom stereocenters. The number of halogens is 2. The summed E-state index contributed by atoms with van der Waals surface area (Å²) in [4.78, 5) is 19.3. The van der Waals surface area contributed by atoms with Crippen molar-refractivity contribution in [2.75, 3.05) is 14.2 Å². The van der Waals surface area contributed by atoms with E-state index in [1.807, 2.05) is 0 Å². The van der Waals surface area contributed by atoms with Gasteiger partial charge < -0.3 is 9.47 Å². The molecule has 0 saturated heterocycles. The highest BCUT2D eigenvalue weighted by Crippen LogP contribution is 2.34. The first kappa shape index (κ1) is 15.9. The number of carbonyl (C=O) groups excluding carboxylic acids is 1. The predicted octanol–water partition coefficient (Wildman–Crippen LogP) is 3.41. The number of methoxy groups -OCH3 is 2. The third-order valence-electron chi connectivity index (χ3n) is 2.94. The molecule has 0 aliphatic heterocycles. The molecule has 22 heavy (non-hydrogen) atoms. The van der Waals surface area contributed by atoms with Crippen molar-refractivity contribution >= 4 is 24.0 Å². The minimum atomic E-state index is -0.722. The van der Waals surface area contributed by atoms with Gasteiger partial charge in [0.15, 0.2) is 23.7 Å². The van der Waals surface area contributed by atoms with Crippen molar-refractivity contribution in [3.05, 3.63) is 40.8 Å². The number of hydrogen-bond acceptors (Lipinski definition) is 5. The standard InChI is InChI=1S/C15H12ClFN2O3/c1-4-8-11(7-20)18-14(19-15(8)22-3)9-5-6-10(16)13(21-2)12(9)17/h4-7H,1H2,2-3H3. The molecular formula is C15H12ClFN2O3. The SMILES string of the molecule is C=Cc1c(C=O)nc(-c2ccc(Cl)c(OC)c2F)nc1OC. The van der Waals surface area contributed by atoms with Gasteiger partial charge in [-0.3, -0.25) is 4.79 Å². The van der Waals surface area contributed by atoms with E-state index in [0.717, 1.165) is 0 Å². The lowest BCUT2D eigenvalue weighted by Gasteiger charge is -2.11. The van der Waals surface area contributed by atoms with E-state index in [4.69, 9.17) is 21.1 Å². The van der Waals surface area contributed by atoms with Gasteiger partial charge in [-0.2, -0.15) is 4.98 Å². The third-order valence-corrected chi connectivity index (χ3v) is 3.24. The van der Waals surface area contributed by atoms with Gasteiger partial charge in [-0.25, -0.2) is 9.37 Å². The van der Waals surface area contributed by atoms with E-state index in [0.29, 0.717) is 11.8 Å². The fourth-order valence-corrected chi connectivity index (χ4v) is 2.14. The van der Waals surface area contributed by atoms with Crippen LogP contribution in [0.4, 0.5) is 4.39 Å². The summed E-state index contributed by atoms with van der Waals surface area (Å²) < 4.78 is 24.5. The van der Waals surface area contributed by atoms with Crippen LogP contribution in [0.3, 0.4) is 0 Å². The third kappa shape index (κ3) is 2.65. The van der Waals surface area contributed by atoms with E-state index in [1.165, 1.54) is 32.4 Å². The zero-order chi connectivity index (χ0) is 16.3. The summed E-state index contributed by atoms with van der Waals surface area (Å²) in [7, 11) is 2.68. The van der Waals surface area contributed by atoms with Gasteiger partial charge in [0.05, 0.1) is 30.4 Å². The van der Waals surface area contributed by atoms with Gasteiger partial charge >= 0.3 is 0 Å². The second-order valence-corrected chi connectivity index (χ2v) is 4.53. The topological polar surface area (TPSA) is 61.3 Å². The number of aromatic nitrogens is 2. The second kappa shape index (κ2) is 6.53. The number of aldehydes is 1. The number of nitrogens with zero attached hydrogens (tertiary/aromatic N) is 2. The quantitative estimate of drug-likeness (QED) is 0.789. The maximum absolute atomic E-state index is 14.4. The van der Waals surface area contributed by atoms with Crippen molar-refractivity contribution < 1.29 is 18.7 Å². The number of benzene rings is 1. The highest BCUT2D eigenvalue weighted by molar-refractivity contribution is 6.32. The van der Waals surface area contributed by atoms with E-state index in [9.17, 15) is 9.18 Å². The van der Waals surface area contributed by atoms with Crippen molar-refractivity contribution in [1.29, 1.82) is 0 Å². The van der Waals surface area contributed by atoms with E-state index >= 15 is 0 Å². The molecule has 0 spiro atoms. The van der Waals surface area contributed by atoms with Crippen molar-refractivity contribution in [3.63, 3.8) is 0 Å². The average Bonchev–Trinajstić information content (AvgIpc) is 2.54. The molecule has 0 saturated carbocycles. The van der Waals surface area contributed by atoms with Crippen LogP contribution in [0.2, 0.25) is 5.02 Å². The molecule has 0 atom stereocenters. The minimum absolute atomic E-state index is 0.0167. The van der Waals surface area contributed by atoms with Gasteiger partial charge in [0.2, 0.25) is 5.88 Å². The summed E-state index contributed by atoms with van der Waals surface area (Å²) in [5.74, 6) is -0.741. The zero-order valence-corrected chi connectivity index (χ0v) is 12.6. The maximum Gasteiger partial charge on any atom is 0.224 e. The van der Waals surface area contributed by atoms with Gasteiger partial charge in [-0.15, -0.1) is 0 Å². The van der Waals surface area contributed by atoms with Crippen LogP contribution in [0, 0.1) is 5.82 Å². The zero-order valence-electron chi connectivity index (χ0n) is 11.9. The Labute approximate surface area is 131 Å². The largest absolute Gasteiger partial charge is 0.492 e. The molecular weight excluding hydrogens is 311 g/mol. The molecule has 0 bridgehead atoms. The van der Waals surface area contributed by atoms with Crippen molar-refractivity contribution in [2.24, 2.45) is 0 Å². The summed E-state index contributed by atoms with van der Waals surface area (Å²) in [5, 5.41) is 0.119. The Morgan fingerprint density at radius 2 is 2.00 bits per heavy atom. The lowest BCUT2D eigenvalue weighted by atomic mass is 10.1. The Hall–Kier alpha value is -2.47. The minimum Gasteiger partial charge on any atom is -0.492 e. The Balaban J connectivity index is 2.73. The molecule has 0 aliphatic rings. The number of carbonyl (C=O) groups is 1. The summed E-state index contributed by atoms with van der Waals surface area (Å²) >= 11 is 5.85. The first-order valence-electron chi connectivity index (χ1n) is 6.13. The normalized spacial score (nSPS) is 10.2. The molecule has 0 amide bonds. The van der Waals surface area contributed by atoms with Crippen LogP contribution in [-0.2, 0) is 0 Å². The average molecular weight is 323 g/mol. The van der Waals surface area contributed by atoms with E-state index < -0.39 is 5.82 Å². The first-order valence-corrected chi connectivity index (χ1v) is 6.51. The Morgan fingerprint density at radius 3 is 2.55 bits per heavy atom. The summed E-state index contributed by atoms with van der Waals surface area (Å²) in [6.07, 6.45) is 1.92. The van der Waals surface area contributed by atoms with Gasteiger partial charge in [0, 0.05) is 0 Å². The summed E-state index contributed by atoms with van der Waals surface area (Å²) in [6, 6.07) is 2.85. The predicted molar refractivity (Wildman–Crippen MR) is 81.0 cm³/mol. The summed E-state index contributed by atoms with van der Waals surface area (Å²) in [5.41, 5.74) is 0.422. The Bertz CT molecular complexity index is 750. The van der Waals surface area contributed by atoms with Crippen molar-refractivity contribution in [2.45, 2.75) is 0 Å².